The number of nitrogens with two attached hydrogens (primary N) is 1. The Balaban J connectivity index is 1.70. The van der Waals surface area contributed by atoms with E-state index in [9.17, 15) is 9.59 Å². The van der Waals surface area contributed by atoms with E-state index in [4.69, 9.17) is 5.73 Å². The van der Waals surface area contributed by atoms with Crippen molar-refractivity contribution in [3.05, 3.63) is 70.2 Å². The number of amides is 2. The number of nitrogens with zero attached hydrogens (tertiary/aromatic N) is 4. The molecule has 4 rings (SSSR count). The summed E-state index contributed by atoms with van der Waals surface area (Å²) in [5.74, 6) is -0.881. The minimum atomic E-state index is -0.668. The number of hydrogen-bond donors (Lipinski definition) is 1. The van der Waals surface area contributed by atoms with Crippen LogP contribution in [0.5, 0.6) is 0 Å². The second kappa shape index (κ2) is 6.14. The standard InChI is InChI=1S/C17H15N5O2S/c18-16(23)11-9-20-12(10-19-11)17(24)22-7-6-21-5-1-3-13(21)15(22)14-4-2-8-25-14/h1-5,8-10,15H,6-7H2,(H2,18,23). The lowest BCUT2D eigenvalue weighted by Gasteiger charge is -2.36. The van der Waals surface area contributed by atoms with Crippen molar-refractivity contribution in [1.29, 1.82) is 0 Å². The van der Waals surface area contributed by atoms with E-state index in [1.54, 1.807) is 16.2 Å². The van der Waals surface area contributed by atoms with Crippen LogP contribution in [-0.2, 0) is 6.54 Å². The van der Waals surface area contributed by atoms with Gasteiger partial charge in [-0.25, -0.2) is 9.97 Å². The van der Waals surface area contributed by atoms with Crippen molar-refractivity contribution in [3.8, 4) is 0 Å². The Morgan fingerprint density at radius 1 is 1.12 bits per heavy atom. The van der Waals surface area contributed by atoms with Gasteiger partial charge < -0.3 is 15.2 Å². The van der Waals surface area contributed by atoms with Gasteiger partial charge in [-0.05, 0) is 23.6 Å². The largest absolute Gasteiger partial charge is 0.364 e. The fraction of sp³-hybridized carbons (Fsp3) is 0.176. The average Bonchev–Trinajstić information content (AvgIpc) is 3.31. The van der Waals surface area contributed by atoms with Gasteiger partial charge >= 0.3 is 0 Å². The quantitative estimate of drug-likeness (QED) is 0.775. The Morgan fingerprint density at radius 3 is 2.60 bits per heavy atom. The maximum Gasteiger partial charge on any atom is 0.274 e. The fourth-order valence-electron chi connectivity index (χ4n) is 3.06. The van der Waals surface area contributed by atoms with E-state index < -0.39 is 5.91 Å². The summed E-state index contributed by atoms with van der Waals surface area (Å²) in [6.45, 7) is 1.30. The van der Waals surface area contributed by atoms with Gasteiger partial charge in [0, 0.05) is 29.9 Å². The van der Waals surface area contributed by atoms with E-state index in [1.165, 1.54) is 12.4 Å². The number of rotatable bonds is 3. The lowest BCUT2D eigenvalue weighted by molar-refractivity contribution is 0.0660. The van der Waals surface area contributed by atoms with Crippen LogP contribution in [-0.4, -0.2) is 37.8 Å². The second-order valence-electron chi connectivity index (χ2n) is 5.69. The van der Waals surface area contributed by atoms with Crippen LogP contribution >= 0.6 is 11.3 Å². The molecule has 8 heteroatoms. The molecular formula is C17H15N5O2S. The van der Waals surface area contributed by atoms with E-state index in [0.29, 0.717) is 6.54 Å². The Bertz CT molecular complexity index is 917. The summed E-state index contributed by atoms with van der Waals surface area (Å²) >= 11 is 1.61. The van der Waals surface area contributed by atoms with Crippen molar-refractivity contribution < 1.29 is 9.59 Å². The molecule has 2 amide bonds. The topological polar surface area (TPSA) is 94.1 Å². The monoisotopic (exact) mass is 353 g/mol. The molecule has 1 unspecified atom stereocenters. The zero-order valence-corrected chi connectivity index (χ0v) is 14.0. The highest BCUT2D eigenvalue weighted by molar-refractivity contribution is 7.10. The van der Waals surface area contributed by atoms with E-state index in [2.05, 4.69) is 14.5 Å². The maximum absolute atomic E-state index is 13.0. The third-order valence-electron chi connectivity index (χ3n) is 4.24. The molecule has 25 heavy (non-hydrogen) atoms. The number of primary amides is 1. The predicted octanol–water partition coefficient (Wildman–Crippen LogP) is 1.68. The molecular weight excluding hydrogens is 338 g/mol. The van der Waals surface area contributed by atoms with Crippen LogP contribution < -0.4 is 5.73 Å². The normalized spacial score (nSPS) is 16.5. The van der Waals surface area contributed by atoms with Gasteiger partial charge in [-0.1, -0.05) is 6.07 Å². The first-order valence-corrected chi connectivity index (χ1v) is 8.64. The number of fused-ring (bicyclic) bond motifs is 1. The Morgan fingerprint density at radius 2 is 1.92 bits per heavy atom. The number of hydrogen-bond acceptors (Lipinski definition) is 5. The molecule has 7 nitrogen and oxygen atoms in total. The fourth-order valence-corrected chi connectivity index (χ4v) is 3.91. The molecule has 0 aliphatic carbocycles. The van der Waals surface area contributed by atoms with Gasteiger partial charge in [-0.2, -0.15) is 0 Å². The van der Waals surface area contributed by atoms with Crippen molar-refractivity contribution in [2.45, 2.75) is 12.6 Å². The van der Waals surface area contributed by atoms with Crippen molar-refractivity contribution in [1.82, 2.24) is 19.4 Å². The van der Waals surface area contributed by atoms with Gasteiger partial charge in [0.25, 0.3) is 11.8 Å². The lowest BCUT2D eigenvalue weighted by Crippen LogP contribution is -2.42. The summed E-state index contributed by atoms with van der Waals surface area (Å²) in [5, 5.41) is 2.00. The van der Waals surface area contributed by atoms with Crippen LogP contribution in [0.1, 0.15) is 37.6 Å². The van der Waals surface area contributed by atoms with Gasteiger partial charge in [0.15, 0.2) is 0 Å². The molecule has 1 atom stereocenters. The smallest absolute Gasteiger partial charge is 0.274 e. The summed E-state index contributed by atoms with van der Waals surface area (Å²) in [7, 11) is 0. The second-order valence-corrected chi connectivity index (χ2v) is 6.67. The number of aromatic nitrogens is 3. The highest BCUT2D eigenvalue weighted by Crippen LogP contribution is 2.35. The molecule has 0 fully saturated rings. The molecule has 0 spiro atoms. The van der Waals surface area contributed by atoms with Crippen molar-refractivity contribution in [3.63, 3.8) is 0 Å². The first kappa shape index (κ1) is 15.5. The van der Waals surface area contributed by atoms with Crippen LogP contribution in [0, 0.1) is 0 Å². The van der Waals surface area contributed by atoms with E-state index >= 15 is 0 Å². The number of thiophene rings is 1. The minimum absolute atomic E-state index is 0.0406. The molecule has 1 aliphatic heterocycles. The van der Waals surface area contributed by atoms with Crippen molar-refractivity contribution >= 4 is 23.2 Å². The zero-order valence-electron chi connectivity index (χ0n) is 13.2. The average molecular weight is 353 g/mol. The number of carbonyl (C=O) groups is 2. The van der Waals surface area contributed by atoms with Crippen LogP contribution in [0.25, 0.3) is 0 Å². The highest BCUT2D eigenvalue weighted by Gasteiger charge is 2.33. The molecule has 2 N–H and O–H groups in total. The molecule has 0 bridgehead atoms. The summed E-state index contributed by atoms with van der Waals surface area (Å²) in [6, 6.07) is 7.87. The third kappa shape index (κ3) is 2.70. The molecule has 3 aromatic rings. The minimum Gasteiger partial charge on any atom is -0.364 e. The van der Waals surface area contributed by atoms with Gasteiger partial charge in [0.05, 0.1) is 12.4 Å². The first-order chi connectivity index (χ1) is 12.1. The molecule has 1 aliphatic rings. The molecule has 0 aromatic carbocycles. The van der Waals surface area contributed by atoms with E-state index in [1.807, 2.05) is 35.8 Å². The molecule has 3 aromatic heterocycles. The van der Waals surface area contributed by atoms with E-state index in [-0.39, 0.29) is 23.3 Å². The van der Waals surface area contributed by atoms with Crippen molar-refractivity contribution in [2.75, 3.05) is 6.54 Å². The van der Waals surface area contributed by atoms with Gasteiger partial charge in [0.2, 0.25) is 0 Å². The summed E-state index contributed by atoms with van der Waals surface area (Å²) < 4.78 is 2.16. The summed E-state index contributed by atoms with van der Waals surface area (Å²) in [6.07, 6.45) is 4.57. The van der Waals surface area contributed by atoms with Crippen LogP contribution in [0.15, 0.2) is 48.2 Å². The predicted molar refractivity (Wildman–Crippen MR) is 92.2 cm³/mol. The summed E-state index contributed by atoms with van der Waals surface area (Å²) in [5.41, 5.74) is 6.49. The number of carbonyl (C=O) groups excluding carboxylic acids is 2. The van der Waals surface area contributed by atoms with Gasteiger partial charge in [0.1, 0.15) is 17.4 Å². The molecule has 126 valence electrons. The lowest BCUT2D eigenvalue weighted by atomic mass is 10.1. The Labute approximate surface area is 147 Å². The Kier molecular flexibility index (Phi) is 3.81. The van der Waals surface area contributed by atoms with E-state index in [0.717, 1.165) is 17.1 Å². The Hall–Kier alpha value is -3.00. The third-order valence-corrected chi connectivity index (χ3v) is 5.16. The molecule has 0 saturated heterocycles. The van der Waals surface area contributed by atoms with Crippen molar-refractivity contribution in [2.24, 2.45) is 5.73 Å². The first-order valence-electron chi connectivity index (χ1n) is 7.76. The zero-order chi connectivity index (χ0) is 17.4. The van der Waals surface area contributed by atoms with Gasteiger partial charge in [-0.15, -0.1) is 11.3 Å². The maximum atomic E-state index is 13.0. The van der Waals surface area contributed by atoms with Crippen LogP contribution in [0.2, 0.25) is 0 Å². The molecule has 0 radical (unpaired) electrons. The highest BCUT2D eigenvalue weighted by atomic mass is 32.1. The van der Waals surface area contributed by atoms with Crippen LogP contribution in [0.4, 0.5) is 0 Å². The van der Waals surface area contributed by atoms with Crippen LogP contribution in [0.3, 0.4) is 0 Å². The summed E-state index contributed by atoms with van der Waals surface area (Å²) in [4.78, 5) is 35.0. The molecule has 0 saturated carbocycles. The SMILES string of the molecule is NC(=O)c1cnc(C(=O)N2CCn3cccc3C2c2cccs2)cn1. The van der Waals surface area contributed by atoms with Gasteiger partial charge in [-0.3, -0.25) is 9.59 Å². The molecule has 4 heterocycles.